The Bertz CT molecular complexity index is 1220. The Morgan fingerprint density at radius 2 is 0.877 bits per heavy atom. The third-order valence-electron chi connectivity index (χ3n) is 12.9. The molecule has 65 heavy (non-hydrogen) atoms. The first-order valence-electron chi connectivity index (χ1n) is 24.8. The largest absolute Gasteiger partial charge is 0.394 e. The number of carbonyl (C=O) groups excluding carboxylic acids is 1. The monoisotopic (exact) mass is 942 g/mol. The fourth-order valence-corrected chi connectivity index (χ4v) is 8.72. The Hall–Kier alpha value is -1.21. The number of rotatable bonds is 34. The number of amides is 1. The lowest BCUT2D eigenvalue weighted by molar-refractivity contribution is -0.379. The van der Waals surface area contributed by atoms with Crippen molar-refractivity contribution < 1.29 is 89.4 Å². The number of carbonyl (C=O) groups is 1. The fraction of sp³-hybridized carbons (Fsp3) is 0.978. The zero-order valence-corrected chi connectivity index (χ0v) is 39.0. The van der Waals surface area contributed by atoms with Crippen LogP contribution in [0.3, 0.4) is 0 Å². The number of aliphatic hydroxyl groups excluding tert-OH is 11. The molecule has 19 nitrogen and oxygen atoms in total. The average molecular weight is 942 g/mol. The molecule has 17 unspecified atom stereocenters. The van der Waals surface area contributed by atoms with Gasteiger partial charge in [-0.3, -0.25) is 4.79 Å². The van der Waals surface area contributed by atoms with E-state index in [0.717, 1.165) is 44.9 Å². The van der Waals surface area contributed by atoms with Gasteiger partial charge in [-0.25, -0.2) is 0 Å². The molecular formula is C46H87NO18. The highest BCUT2D eigenvalue weighted by molar-refractivity contribution is 5.76. The van der Waals surface area contributed by atoms with Crippen molar-refractivity contribution in [3.05, 3.63) is 0 Å². The maximum atomic E-state index is 13.2. The summed E-state index contributed by atoms with van der Waals surface area (Å²) in [6.07, 6.45) is -3.35. The number of unbranched alkanes of at least 4 members (excludes halogenated alkanes) is 18. The lowest BCUT2D eigenvalue weighted by atomic mass is 9.96. The van der Waals surface area contributed by atoms with Crippen LogP contribution >= 0.6 is 0 Å². The first kappa shape index (κ1) is 58.1. The van der Waals surface area contributed by atoms with E-state index in [1.165, 1.54) is 77.0 Å². The third kappa shape index (κ3) is 19.2. The fourth-order valence-electron chi connectivity index (χ4n) is 8.72. The van der Waals surface area contributed by atoms with E-state index in [1.807, 2.05) is 0 Å². The smallest absolute Gasteiger partial charge is 0.220 e. The Labute approximate surface area is 385 Å². The molecule has 3 aliphatic heterocycles. The molecule has 0 aliphatic carbocycles. The molecule has 0 aromatic rings. The molecule has 3 rings (SSSR count). The van der Waals surface area contributed by atoms with Gasteiger partial charge < -0.3 is 89.9 Å². The number of ether oxygens (including phenoxy) is 6. The molecule has 17 atom stereocenters. The van der Waals surface area contributed by atoms with Crippen molar-refractivity contribution in [3.63, 3.8) is 0 Å². The van der Waals surface area contributed by atoms with E-state index in [4.69, 9.17) is 28.4 Å². The van der Waals surface area contributed by atoms with Crippen LogP contribution < -0.4 is 5.32 Å². The Kier molecular flexibility index (Phi) is 29.1. The summed E-state index contributed by atoms with van der Waals surface area (Å²) in [6, 6.07) is -0.875. The van der Waals surface area contributed by atoms with Crippen molar-refractivity contribution in [2.24, 2.45) is 0 Å². The average Bonchev–Trinajstić information content (AvgIpc) is 3.30. The molecular weight excluding hydrogens is 854 g/mol. The summed E-state index contributed by atoms with van der Waals surface area (Å²) in [5, 5.41) is 119. The lowest BCUT2D eigenvalue weighted by Crippen LogP contribution is -2.66. The first-order valence-corrected chi connectivity index (χ1v) is 24.8. The summed E-state index contributed by atoms with van der Waals surface area (Å²) in [5.74, 6) is -0.247. The van der Waals surface area contributed by atoms with Crippen LogP contribution in [0.15, 0.2) is 0 Å². The normalized spacial score (nSPS) is 34.1. The van der Waals surface area contributed by atoms with Crippen LogP contribution in [0.1, 0.15) is 155 Å². The van der Waals surface area contributed by atoms with Gasteiger partial charge in [-0.1, -0.05) is 136 Å². The second-order valence-corrected chi connectivity index (χ2v) is 18.3. The molecule has 0 saturated carbocycles. The topological polar surface area (TPSA) is 307 Å². The highest BCUT2D eigenvalue weighted by Gasteiger charge is 2.53. The predicted molar refractivity (Wildman–Crippen MR) is 236 cm³/mol. The molecule has 0 spiro atoms. The molecule has 12 N–H and O–H groups in total. The highest BCUT2D eigenvalue weighted by atomic mass is 16.8. The Morgan fingerprint density at radius 1 is 0.492 bits per heavy atom. The van der Waals surface area contributed by atoms with Gasteiger partial charge in [0.1, 0.15) is 73.2 Å². The number of nitrogens with one attached hydrogen (secondary N) is 1. The summed E-state index contributed by atoms with van der Waals surface area (Å²) >= 11 is 0. The highest BCUT2D eigenvalue weighted by Crippen LogP contribution is 2.33. The number of hydrogen-bond acceptors (Lipinski definition) is 18. The van der Waals surface area contributed by atoms with Gasteiger partial charge in [-0.05, 0) is 12.8 Å². The van der Waals surface area contributed by atoms with Crippen LogP contribution in [0.5, 0.6) is 0 Å². The maximum Gasteiger partial charge on any atom is 0.220 e. The van der Waals surface area contributed by atoms with Crippen LogP contribution in [-0.4, -0.2) is 193 Å². The second kappa shape index (κ2) is 32.6. The maximum absolute atomic E-state index is 13.2. The first-order chi connectivity index (χ1) is 31.3. The molecule has 0 bridgehead atoms. The summed E-state index contributed by atoms with van der Waals surface area (Å²) in [7, 11) is 0. The molecule has 0 aromatic carbocycles. The van der Waals surface area contributed by atoms with Crippen molar-refractivity contribution in [1.29, 1.82) is 0 Å². The number of aliphatic hydroxyl groups is 11. The van der Waals surface area contributed by atoms with E-state index in [2.05, 4.69) is 19.2 Å². The summed E-state index contributed by atoms with van der Waals surface area (Å²) < 4.78 is 34.1. The molecule has 19 heteroatoms. The van der Waals surface area contributed by atoms with E-state index in [1.54, 1.807) is 0 Å². The molecule has 3 aliphatic rings. The van der Waals surface area contributed by atoms with Gasteiger partial charge in [-0.2, -0.15) is 0 Å². The summed E-state index contributed by atoms with van der Waals surface area (Å²) in [4.78, 5) is 13.2. The SMILES string of the molecule is CCCCCCCCCCCCCC(=O)NC(COC1OC(CO)C(OC2OC(CO)C(OC3OC(CO)C(O)C(O)C3O)C(O)C2O)C(O)C1O)C(O)CCCCCCCCCCC. The van der Waals surface area contributed by atoms with Gasteiger partial charge in [0.15, 0.2) is 18.9 Å². The van der Waals surface area contributed by atoms with E-state index >= 15 is 0 Å². The standard InChI is InChI=1S/C46H87NO18/c1-3-5-7-9-11-13-14-16-18-20-22-24-34(52)47-29(30(51)23-21-19-17-15-12-10-8-6-4-2)28-60-44-40(58)37(55)42(32(26-49)62-44)65-46-41(59)38(56)43(33(27-50)63-46)64-45-39(57)36(54)35(53)31(25-48)61-45/h29-33,35-46,48-51,53-59H,3-28H2,1-2H3,(H,47,52). The van der Waals surface area contributed by atoms with Gasteiger partial charge in [0, 0.05) is 6.42 Å². The van der Waals surface area contributed by atoms with Crippen LogP contribution in [0.2, 0.25) is 0 Å². The summed E-state index contributed by atoms with van der Waals surface area (Å²) in [5.41, 5.74) is 0. The predicted octanol–water partition coefficient (Wildman–Crippen LogP) is 0.919. The Balaban J connectivity index is 1.57. The molecule has 1 amide bonds. The quantitative estimate of drug-likeness (QED) is 0.0399. The lowest BCUT2D eigenvalue weighted by Gasteiger charge is -2.48. The van der Waals surface area contributed by atoms with E-state index in [9.17, 15) is 61.0 Å². The third-order valence-corrected chi connectivity index (χ3v) is 12.9. The van der Waals surface area contributed by atoms with Crippen molar-refractivity contribution in [3.8, 4) is 0 Å². The van der Waals surface area contributed by atoms with Crippen molar-refractivity contribution in [1.82, 2.24) is 5.32 Å². The van der Waals surface area contributed by atoms with Gasteiger partial charge >= 0.3 is 0 Å². The minimum atomic E-state index is -1.97. The minimum absolute atomic E-state index is 0.247. The van der Waals surface area contributed by atoms with Crippen molar-refractivity contribution >= 4 is 5.91 Å². The van der Waals surface area contributed by atoms with E-state index in [-0.39, 0.29) is 18.9 Å². The van der Waals surface area contributed by atoms with Gasteiger partial charge in [0.2, 0.25) is 5.91 Å². The molecule has 3 heterocycles. The number of hydrogen-bond donors (Lipinski definition) is 12. The van der Waals surface area contributed by atoms with Crippen LogP contribution in [-0.2, 0) is 33.2 Å². The summed E-state index contributed by atoms with van der Waals surface area (Å²) in [6.45, 7) is 1.71. The molecule has 3 fully saturated rings. The minimum Gasteiger partial charge on any atom is -0.394 e. The van der Waals surface area contributed by atoms with Gasteiger partial charge in [0.05, 0.1) is 38.6 Å². The van der Waals surface area contributed by atoms with Crippen LogP contribution in [0, 0.1) is 0 Å². The van der Waals surface area contributed by atoms with Gasteiger partial charge in [-0.15, -0.1) is 0 Å². The molecule has 0 aromatic heterocycles. The van der Waals surface area contributed by atoms with Crippen LogP contribution in [0.4, 0.5) is 0 Å². The van der Waals surface area contributed by atoms with Gasteiger partial charge in [0.25, 0.3) is 0 Å². The Morgan fingerprint density at radius 3 is 1.34 bits per heavy atom. The van der Waals surface area contributed by atoms with E-state index in [0.29, 0.717) is 12.8 Å². The second-order valence-electron chi connectivity index (χ2n) is 18.3. The van der Waals surface area contributed by atoms with Crippen LogP contribution in [0.25, 0.3) is 0 Å². The molecule has 384 valence electrons. The zero-order chi connectivity index (χ0) is 47.7. The van der Waals surface area contributed by atoms with E-state index < -0.39 is 124 Å². The van der Waals surface area contributed by atoms with Crippen molar-refractivity contribution in [2.45, 2.75) is 259 Å². The zero-order valence-electron chi connectivity index (χ0n) is 39.0. The van der Waals surface area contributed by atoms with Crippen molar-refractivity contribution in [2.75, 3.05) is 26.4 Å². The molecule has 0 radical (unpaired) electrons. The molecule has 3 saturated heterocycles.